The molecule has 0 amide bonds. The third-order valence-electron chi connectivity index (χ3n) is 2.23. The second-order valence-corrected chi connectivity index (χ2v) is 3.54. The molecule has 1 rings (SSSR count). The van der Waals surface area contributed by atoms with Crippen molar-refractivity contribution in [3.8, 4) is 0 Å². The van der Waals surface area contributed by atoms with Gasteiger partial charge in [-0.2, -0.15) is 0 Å². The van der Waals surface area contributed by atoms with Gasteiger partial charge in [0.25, 0.3) is 0 Å². The molecule has 1 heterocycles. The van der Waals surface area contributed by atoms with E-state index >= 15 is 0 Å². The summed E-state index contributed by atoms with van der Waals surface area (Å²) in [6.45, 7) is 6.48. The van der Waals surface area contributed by atoms with Crippen LogP contribution in [0.15, 0.2) is 0 Å². The van der Waals surface area contributed by atoms with Crippen LogP contribution in [0.25, 0.3) is 0 Å². The van der Waals surface area contributed by atoms with Crippen molar-refractivity contribution in [1.29, 1.82) is 0 Å². The number of rotatable bonds is 4. The van der Waals surface area contributed by atoms with E-state index in [0.29, 0.717) is 6.54 Å². The van der Waals surface area contributed by atoms with Crippen molar-refractivity contribution in [3.63, 3.8) is 0 Å². The highest BCUT2D eigenvalue weighted by Crippen LogP contribution is 2.21. The third-order valence-corrected chi connectivity index (χ3v) is 2.23. The van der Waals surface area contributed by atoms with Crippen LogP contribution in [-0.2, 0) is 11.3 Å². The molecule has 1 aromatic rings. The molecule has 1 aromatic heterocycles. The monoisotopic (exact) mass is 198 g/mol. The summed E-state index contributed by atoms with van der Waals surface area (Å²) in [7, 11) is 1.67. The smallest absolute Gasteiger partial charge is 0.102 e. The highest BCUT2D eigenvalue weighted by atomic mass is 16.5. The van der Waals surface area contributed by atoms with Crippen molar-refractivity contribution in [2.45, 2.75) is 39.5 Å². The summed E-state index contributed by atoms with van der Waals surface area (Å²) in [5, 5.41) is 8.10. The number of nitrogens with two attached hydrogens (primary N) is 1. The van der Waals surface area contributed by atoms with Crippen molar-refractivity contribution in [2.75, 3.05) is 7.11 Å². The van der Waals surface area contributed by atoms with Gasteiger partial charge >= 0.3 is 0 Å². The molecule has 14 heavy (non-hydrogen) atoms. The van der Waals surface area contributed by atoms with E-state index in [0.717, 1.165) is 11.4 Å². The Bertz CT molecular complexity index is 295. The van der Waals surface area contributed by atoms with Crippen LogP contribution in [0.4, 0.5) is 0 Å². The molecule has 0 aliphatic carbocycles. The molecular formula is C9H18N4O. The second-order valence-electron chi connectivity index (χ2n) is 3.54. The predicted octanol–water partition coefficient (Wildman–Crippen LogP) is 1.03. The highest BCUT2D eigenvalue weighted by Gasteiger charge is 2.19. The summed E-state index contributed by atoms with van der Waals surface area (Å²) in [5.74, 6) is 0. The number of nitrogens with zero attached hydrogens (tertiary/aromatic N) is 3. The van der Waals surface area contributed by atoms with Gasteiger partial charge in [0.1, 0.15) is 5.69 Å². The van der Waals surface area contributed by atoms with E-state index in [4.69, 9.17) is 10.5 Å². The average Bonchev–Trinajstić information content (AvgIpc) is 2.59. The summed E-state index contributed by atoms with van der Waals surface area (Å²) >= 11 is 0. The van der Waals surface area contributed by atoms with Crippen molar-refractivity contribution in [3.05, 3.63) is 11.4 Å². The molecule has 0 saturated carbocycles. The van der Waals surface area contributed by atoms with Gasteiger partial charge in [-0.25, -0.2) is 4.68 Å². The highest BCUT2D eigenvalue weighted by molar-refractivity contribution is 5.13. The van der Waals surface area contributed by atoms with Crippen molar-refractivity contribution < 1.29 is 4.74 Å². The van der Waals surface area contributed by atoms with Crippen molar-refractivity contribution in [2.24, 2.45) is 5.73 Å². The molecule has 0 fully saturated rings. The van der Waals surface area contributed by atoms with Crippen LogP contribution in [0.2, 0.25) is 0 Å². The molecule has 1 atom stereocenters. The molecule has 2 N–H and O–H groups in total. The quantitative estimate of drug-likeness (QED) is 0.784. The Kier molecular flexibility index (Phi) is 3.60. The van der Waals surface area contributed by atoms with Gasteiger partial charge in [0.05, 0.1) is 11.8 Å². The van der Waals surface area contributed by atoms with Gasteiger partial charge < -0.3 is 10.5 Å². The summed E-state index contributed by atoms with van der Waals surface area (Å²) < 4.78 is 7.13. The van der Waals surface area contributed by atoms with Crippen LogP contribution in [-0.4, -0.2) is 22.1 Å². The lowest BCUT2D eigenvalue weighted by Crippen LogP contribution is -2.13. The van der Waals surface area contributed by atoms with Crippen LogP contribution in [0.3, 0.4) is 0 Å². The van der Waals surface area contributed by atoms with E-state index in [1.165, 1.54) is 0 Å². The Balaban J connectivity index is 3.12. The maximum atomic E-state index is 5.59. The Morgan fingerprint density at radius 2 is 2.07 bits per heavy atom. The first-order chi connectivity index (χ1) is 6.61. The molecule has 80 valence electrons. The Hall–Kier alpha value is -0.940. The minimum Gasteiger partial charge on any atom is -0.375 e. The van der Waals surface area contributed by atoms with Crippen LogP contribution >= 0.6 is 0 Å². The standard InChI is InChI=1S/C9H18N4O/c1-6(2)13-9(7(3)14-4)8(5-10)11-12-13/h6-7H,5,10H2,1-4H3. The van der Waals surface area contributed by atoms with Crippen LogP contribution < -0.4 is 5.73 Å². The first kappa shape index (κ1) is 11.1. The molecule has 0 spiro atoms. The third kappa shape index (κ3) is 1.93. The van der Waals surface area contributed by atoms with E-state index < -0.39 is 0 Å². The number of hydrogen-bond donors (Lipinski definition) is 1. The normalized spacial score (nSPS) is 13.6. The molecule has 1 unspecified atom stereocenters. The first-order valence-electron chi connectivity index (χ1n) is 4.78. The maximum Gasteiger partial charge on any atom is 0.102 e. The predicted molar refractivity (Wildman–Crippen MR) is 53.7 cm³/mol. The van der Waals surface area contributed by atoms with E-state index in [-0.39, 0.29) is 12.1 Å². The zero-order chi connectivity index (χ0) is 10.7. The second kappa shape index (κ2) is 4.52. The minimum atomic E-state index is -0.0223. The number of aromatic nitrogens is 3. The topological polar surface area (TPSA) is 66.0 Å². The molecule has 0 aromatic carbocycles. The lowest BCUT2D eigenvalue weighted by molar-refractivity contribution is 0.109. The fourth-order valence-electron chi connectivity index (χ4n) is 1.39. The van der Waals surface area contributed by atoms with E-state index in [1.54, 1.807) is 7.11 Å². The van der Waals surface area contributed by atoms with Crippen LogP contribution in [0.5, 0.6) is 0 Å². The molecule has 0 bridgehead atoms. The number of ether oxygens (including phenoxy) is 1. The molecule has 0 aliphatic rings. The fourth-order valence-corrected chi connectivity index (χ4v) is 1.39. The summed E-state index contributed by atoms with van der Waals surface area (Å²) in [5.41, 5.74) is 7.38. The van der Waals surface area contributed by atoms with Gasteiger partial charge in [0, 0.05) is 19.7 Å². The lowest BCUT2D eigenvalue weighted by atomic mass is 10.2. The van der Waals surface area contributed by atoms with Gasteiger partial charge in [0.2, 0.25) is 0 Å². The van der Waals surface area contributed by atoms with Gasteiger partial charge in [0.15, 0.2) is 0 Å². The molecule has 5 nitrogen and oxygen atoms in total. The Morgan fingerprint density at radius 1 is 1.43 bits per heavy atom. The van der Waals surface area contributed by atoms with Gasteiger partial charge in [-0.05, 0) is 20.8 Å². The van der Waals surface area contributed by atoms with Crippen LogP contribution in [0, 0.1) is 0 Å². The molecule has 0 radical (unpaired) electrons. The molecule has 0 saturated heterocycles. The Labute approximate surface area is 84.2 Å². The molecular weight excluding hydrogens is 180 g/mol. The fraction of sp³-hybridized carbons (Fsp3) is 0.778. The van der Waals surface area contributed by atoms with E-state index in [1.807, 2.05) is 11.6 Å². The minimum absolute atomic E-state index is 0.0223. The summed E-state index contributed by atoms with van der Waals surface area (Å²) in [4.78, 5) is 0. The zero-order valence-electron chi connectivity index (χ0n) is 9.19. The SMILES string of the molecule is COC(C)c1c(CN)nnn1C(C)C. The number of hydrogen-bond acceptors (Lipinski definition) is 4. The maximum absolute atomic E-state index is 5.59. The van der Waals surface area contributed by atoms with Crippen molar-refractivity contribution in [1.82, 2.24) is 15.0 Å². The Morgan fingerprint density at radius 3 is 2.50 bits per heavy atom. The average molecular weight is 198 g/mol. The van der Waals surface area contributed by atoms with E-state index in [9.17, 15) is 0 Å². The zero-order valence-corrected chi connectivity index (χ0v) is 9.19. The first-order valence-corrected chi connectivity index (χ1v) is 4.78. The van der Waals surface area contributed by atoms with Crippen LogP contribution in [0.1, 0.15) is 44.3 Å². The van der Waals surface area contributed by atoms with Crippen molar-refractivity contribution >= 4 is 0 Å². The van der Waals surface area contributed by atoms with E-state index in [2.05, 4.69) is 24.2 Å². The molecule has 5 heteroatoms. The largest absolute Gasteiger partial charge is 0.375 e. The number of methoxy groups -OCH3 is 1. The summed E-state index contributed by atoms with van der Waals surface area (Å²) in [6, 6.07) is 0.274. The molecule has 0 aliphatic heterocycles. The van der Waals surface area contributed by atoms with Gasteiger partial charge in [-0.1, -0.05) is 5.21 Å². The van der Waals surface area contributed by atoms with Gasteiger partial charge in [-0.15, -0.1) is 5.10 Å². The summed E-state index contributed by atoms with van der Waals surface area (Å²) in [6.07, 6.45) is -0.0223. The van der Waals surface area contributed by atoms with Gasteiger partial charge in [-0.3, -0.25) is 0 Å². The lowest BCUT2D eigenvalue weighted by Gasteiger charge is -2.15.